The van der Waals surface area contributed by atoms with Crippen molar-refractivity contribution in [2.45, 2.75) is 13.5 Å². The van der Waals surface area contributed by atoms with Crippen molar-refractivity contribution in [1.29, 1.82) is 0 Å². The Bertz CT molecular complexity index is 722. The van der Waals surface area contributed by atoms with E-state index in [1.165, 1.54) is 16.3 Å². The number of nitrogens with one attached hydrogen (secondary N) is 1. The summed E-state index contributed by atoms with van der Waals surface area (Å²) in [6.45, 7) is 3.45. The number of benzene rings is 3. The maximum absolute atomic E-state index is 5.79. The molecule has 3 aromatic carbocycles. The van der Waals surface area contributed by atoms with Gasteiger partial charge in [-0.2, -0.15) is 0 Å². The third-order valence-corrected chi connectivity index (χ3v) is 3.54. The zero-order valence-electron chi connectivity index (χ0n) is 12.2. The summed E-state index contributed by atoms with van der Waals surface area (Å²) in [5.41, 5.74) is 2.33. The minimum Gasteiger partial charge on any atom is -0.494 e. The first-order valence-corrected chi connectivity index (χ1v) is 7.31. The normalized spacial score (nSPS) is 10.5. The lowest BCUT2D eigenvalue weighted by Gasteiger charge is -2.14. The molecule has 0 saturated heterocycles. The van der Waals surface area contributed by atoms with Crippen LogP contribution in [0, 0.1) is 0 Å². The molecule has 1 N–H and O–H groups in total. The molecule has 0 heterocycles. The van der Waals surface area contributed by atoms with Crippen LogP contribution in [0.4, 0.5) is 5.69 Å². The van der Waals surface area contributed by atoms with E-state index in [9.17, 15) is 0 Å². The quantitative estimate of drug-likeness (QED) is 0.719. The van der Waals surface area contributed by atoms with Gasteiger partial charge in [-0.3, -0.25) is 0 Å². The third kappa shape index (κ3) is 3.00. The molecule has 2 heteroatoms. The van der Waals surface area contributed by atoms with Crippen molar-refractivity contribution >= 4 is 16.5 Å². The van der Waals surface area contributed by atoms with E-state index in [-0.39, 0.29) is 0 Å². The predicted molar refractivity (Wildman–Crippen MR) is 88.9 cm³/mol. The fourth-order valence-corrected chi connectivity index (χ4v) is 2.54. The molecule has 0 spiro atoms. The van der Waals surface area contributed by atoms with Crippen LogP contribution in [0.25, 0.3) is 10.8 Å². The average Bonchev–Trinajstić information content (AvgIpc) is 2.55. The fraction of sp³-hybridized carbons (Fsp3) is 0.158. The first-order valence-electron chi connectivity index (χ1n) is 7.31. The van der Waals surface area contributed by atoms with E-state index in [1.807, 2.05) is 25.1 Å². The molecule has 0 unspecified atom stereocenters. The number of rotatable bonds is 5. The number of para-hydroxylation sites is 1. The zero-order valence-corrected chi connectivity index (χ0v) is 12.2. The van der Waals surface area contributed by atoms with Crippen molar-refractivity contribution in [2.75, 3.05) is 11.9 Å². The Kier molecular flexibility index (Phi) is 4.06. The van der Waals surface area contributed by atoms with E-state index >= 15 is 0 Å². The second-order valence-corrected chi connectivity index (χ2v) is 4.92. The molecule has 0 aliphatic carbocycles. The van der Waals surface area contributed by atoms with Gasteiger partial charge in [0.05, 0.1) is 6.61 Å². The molecule has 0 radical (unpaired) electrons. The summed E-state index contributed by atoms with van der Waals surface area (Å²) in [4.78, 5) is 0. The highest BCUT2D eigenvalue weighted by atomic mass is 16.5. The first-order chi connectivity index (χ1) is 10.4. The Morgan fingerprint density at radius 2 is 1.62 bits per heavy atom. The summed E-state index contributed by atoms with van der Waals surface area (Å²) >= 11 is 0. The molecule has 0 fully saturated rings. The Morgan fingerprint density at radius 1 is 0.857 bits per heavy atom. The molecular weight excluding hydrogens is 258 g/mol. The lowest BCUT2D eigenvalue weighted by Crippen LogP contribution is -2.04. The summed E-state index contributed by atoms with van der Waals surface area (Å²) in [7, 11) is 0. The number of hydrogen-bond acceptors (Lipinski definition) is 2. The van der Waals surface area contributed by atoms with E-state index in [4.69, 9.17) is 4.74 Å². The Morgan fingerprint density at radius 3 is 2.43 bits per heavy atom. The van der Waals surface area contributed by atoms with Crippen LogP contribution < -0.4 is 10.1 Å². The second kappa shape index (κ2) is 6.31. The van der Waals surface area contributed by atoms with Crippen LogP contribution in [-0.4, -0.2) is 6.61 Å². The lowest BCUT2D eigenvalue weighted by atomic mass is 10.0. The molecular formula is C19H19NO. The Labute approximate surface area is 125 Å². The van der Waals surface area contributed by atoms with Gasteiger partial charge in [0.1, 0.15) is 5.75 Å². The van der Waals surface area contributed by atoms with E-state index in [0.29, 0.717) is 6.61 Å². The number of ether oxygens (including phenoxy) is 1. The van der Waals surface area contributed by atoms with Gasteiger partial charge in [-0.25, -0.2) is 0 Å². The molecule has 0 aromatic heterocycles. The molecule has 0 bridgehead atoms. The van der Waals surface area contributed by atoms with Crippen molar-refractivity contribution in [3.8, 4) is 5.75 Å². The third-order valence-electron chi connectivity index (χ3n) is 3.54. The van der Waals surface area contributed by atoms with Crippen molar-refractivity contribution in [3.63, 3.8) is 0 Å². The fourth-order valence-electron chi connectivity index (χ4n) is 2.54. The molecule has 3 aromatic rings. The number of anilines is 1. The van der Waals surface area contributed by atoms with Crippen LogP contribution in [0.15, 0.2) is 66.7 Å². The molecule has 0 aliphatic rings. The van der Waals surface area contributed by atoms with Crippen LogP contribution in [-0.2, 0) is 6.54 Å². The maximum atomic E-state index is 5.79. The lowest BCUT2D eigenvalue weighted by molar-refractivity contribution is 0.337. The van der Waals surface area contributed by atoms with Crippen molar-refractivity contribution in [2.24, 2.45) is 0 Å². The number of fused-ring (bicyclic) bond motifs is 1. The highest BCUT2D eigenvalue weighted by molar-refractivity contribution is 5.88. The largest absolute Gasteiger partial charge is 0.494 e. The molecule has 0 saturated carbocycles. The van der Waals surface area contributed by atoms with Crippen LogP contribution >= 0.6 is 0 Å². The smallest absolute Gasteiger partial charge is 0.124 e. The van der Waals surface area contributed by atoms with Gasteiger partial charge in [0.25, 0.3) is 0 Å². The molecule has 0 atom stereocenters. The van der Waals surface area contributed by atoms with E-state index in [2.05, 4.69) is 53.8 Å². The van der Waals surface area contributed by atoms with Gasteiger partial charge in [0, 0.05) is 17.8 Å². The van der Waals surface area contributed by atoms with Crippen molar-refractivity contribution in [1.82, 2.24) is 0 Å². The number of hydrogen-bond donors (Lipinski definition) is 1. The van der Waals surface area contributed by atoms with E-state index in [0.717, 1.165) is 18.0 Å². The van der Waals surface area contributed by atoms with Crippen LogP contribution in [0.5, 0.6) is 5.75 Å². The molecule has 21 heavy (non-hydrogen) atoms. The van der Waals surface area contributed by atoms with E-state index in [1.54, 1.807) is 0 Å². The average molecular weight is 277 g/mol. The van der Waals surface area contributed by atoms with Gasteiger partial charge in [-0.1, -0.05) is 48.5 Å². The zero-order chi connectivity index (χ0) is 14.5. The monoisotopic (exact) mass is 277 g/mol. The van der Waals surface area contributed by atoms with Crippen LogP contribution in [0.3, 0.4) is 0 Å². The van der Waals surface area contributed by atoms with Gasteiger partial charge < -0.3 is 10.1 Å². The summed E-state index contributed by atoms with van der Waals surface area (Å²) in [6, 6.07) is 22.9. The van der Waals surface area contributed by atoms with E-state index < -0.39 is 0 Å². The van der Waals surface area contributed by atoms with Gasteiger partial charge in [0.15, 0.2) is 0 Å². The highest BCUT2D eigenvalue weighted by Crippen LogP contribution is 2.29. The predicted octanol–water partition coefficient (Wildman–Crippen LogP) is 4.85. The summed E-state index contributed by atoms with van der Waals surface area (Å²) < 4.78 is 5.79. The van der Waals surface area contributed by atoms with Gasteiger partial charge in [-0.05, 0) is 35.9 Å². The second-order valence-electron chi connectivity index (χ2n) is 4.92. The summed E-state index contributed by atoms with van der Waals surface area (Å²) in [5, 5.41) is 5.96. The van der Waals surface area contributed by atoms with Crippen LogP contribution in [0.1, 0.15) is 12.5 Å². The minimum atomic E-state index is 0.677. The molecule has 2 nitrogen and oxygen atoms in total. The van der Waals surface area contributed by atoms with Gasteiger partial charge in [-0.15, -0.1) is 0 Å². The van der Waals surface area contributed by atoms with Crippen molar-refractivity contribution in [3.05, 3.63) is 72.3 Å². The molecule has 3 rings (SSSR count). The molecule has 106 valence electrons. The highest BCUT2D eigenvalue weighted by Gasteiger charge is 2.08. The summed E-state index contributed by atoms with van der Waals surface area (Å²) in [5.74, 6) is 0.958. The SMILES string of the molecule is CCOc1ccc2ccccc2c1CNc1ccccc1. The Balaban J connectivity index is 1.96. The summed E-state index contributed by atoms with van der Waals surface area (Å²) in [6.07, 6.45) is 0. The Hall–Kier alpha value is -2.48. The molecule has 0 amide bonds. The van der Waals surface area contributed by atoms with Crippen LogP contribution in [0.2, 0.25) is 0 Å². The van der Waals surface area contributed by atoms with Gasteiger partial charge in [0.2, 0.25) is 0 Å². The topological polar surface area (TPSA) is 21.3 Å². The first kappa shape index (κ1) is 13.5. The standard InChI is InChI=1S/C19H19NO/c1-2-21-19-13-12-15-8-6-7-11-17(15)18(19)14-20-16-9-4-3-5-10-16/h3-13,20H,2,14H2,1H3. The molecule has 0 aliphatic heterocycles. The minimum absolute atomic E-state index is 0.677. The van der Waals surface area contributed by atoms with Crippen molar-refractivity contribution < 1.29 is 4.74 Å². The maximum Gasteiger partial charge on any atom is 0.124 e. The van der Waals surface area contributed by atoms with Gasteiger partial charge >= 0.3 is 0 Å².